The van der Waals surface area contributed by atoms with Crippen LogP contribution in [0.2, 0.25) is 0 Å². The van der Waals surface area contributed by atoms with Gasteiger partial charge in [0.1, 0.15) is 4.90 Å². The predicted octanol–water partition coefficient (Wildman–Crippen LogP) is 5.00. The maximum Gasteiger partial charge on any atom is 0.339 e. The first-order valence-corrected chi connectivity index (χ1v) is 10.7. The average molecular weight is 412 g/mol. The van der Waals surface area contributed by atoms with Crippen LogP contribution in [0, 0.1) is 20.8 Å². The number of ether oxygens (including phenoxy) is 1. The van der Waals surface area contributed by atoms with Gasteiger partial charge in [-0.1, -0.05) is 35.9 Å². The zero-order valence-electron chi connectivity index (χ0n) is 17.0. The highest BCUT2D eigenvalue weighted by Crippen LogP contribution is 2.31. The van der Waals surface area contributed by atoms with Crippen molar-refractivity contribution in [3.8, 4) is 11.5 Å². The number of anilines is 1. The molecule has 3 rings (SSSR count). The van der Waals surface area contributed by atoms with Crippen molar-refractivity contribution in [2.75, 3.05) is 12.4 Å². The summed E-state index contributed by atoms with van der Waals surface area (Å²) in [5.74, 6) is 0.518. The molecule has 0 amide bonds. The van der Waals surface area contributed by atoms with Gasteiger partial charge < -0.3 is 14.2 Å². The third-order valence-electron chi connectivity index (χ3n) is 4.82. The normalized spacial score (nSPS) is 11.2. The van der Waals surface area contributed by atoms with Crippen LogP contribution in [0.5, 0.6) is 11.5 Å². The lowest BCUT2D eigenvalue weighted by Crippen LogP contribution is -2.11. The zero-order valence-corrected chi connectivity index (χ0v) is 17.8. The molecule has 3 aromatic rings. The summed E-state index contributed by atoms with van der Waals surface area (Å²) >= 11 is 0. The zero-order chi connectivity index (χ0) is 21.0. The van der Waals surface area contributed by atoms with E-state index in [0.29, 0.717) is 12.3 Å². The molecule has 0 heterocycles. The Kier molecular flexibility index (Phi) is 6.13. The Bertz CT molecular complexity index is 1110. The summed E-state index contributed by atoms with van der Waals surface area (Å²) in [6.07, 6.45) is 0. The van der Waals surface area contributed by atoms with Crippen molar-refractivity contribution in [2.24, 2.45) is 0 Å². The van der Waals surface area contributed by atoms with Crippen LogP contribution in [-0.2, 0) is 16.7 Å². The molecule has 0 saturated heterocycles. The summed E-state index contributed by atoms with van der Waals surface area (Å²) in [5, 5.41) is 3.41. The van der Waals surface area contributed by atoms with Gasteiger partial charge in [0.05, 0.1) is 7.11 Å². The molecule has 152 valence electrons. The van der Waals surface area contributed by atoms with E-state index in [9.17, 15) is 8.42 Å². The molecule has 0 aliphatic heterocycles. The fourth-order valence-electron chi connectivity index (χ4n) is 2.90. The molecule has 0 atom stereocenters. The molecule has 0 aliphatic rings. The molecule has 0 bridgehead atoms. The minimum Gasteiger partial charge on any atom is -0.493 e. The van der Waals surface area contributed by atoms with Crippen molar-refractivity contribution in [3.05, 3.63) is 82.9 Å². The number of hydrogen-bond donors (Lipinski definition) is 1. The van der Waals surface area contributed by atoms with E-state index in [0.717, 1.165) is 16.8 Å². The highest BCUT2D eigenvalue weighted by Gasteiger charge is 2.19. The van der Waals surface area contributed by atoms with Crippen LogP contribution >= 0.6 is 0 Å². The number of aryl methyl sites for hydroxylation is 2. The molecule has 0 radical (unpaired) electrons. The highest BCUT2D eigenvalue weighted by atomic mass is 32.2. The van der Waals surface area contributed by atoms with Crippen LogP contribution in [-0.4, -0.2) is 15.5 Å². The van der Waals surface area contributed by atoms with Gasteiger partial charge in [0, 0.05) is 12.2 Å². The van der Waals surface area contributed by atoms with Gasteiger partial charge in [-0.15, -0.1) is 0 Å². The lowest BCUT2D eigenvalue weighted by atomic mass is 10.1. The van der Waals surface area contributed by atoms with Gasteiger partial charge in [-0.05, 0) is 67.8 Å². The van der Waals surface area contributed by atoms with Crippen LogP contribution in [0.4, 0.5) is 5.69 Å². The van der Waals surface area contributed by atoms with Gasteiger partial charge in [0.2, 0.25) is 0 Å². The van der Waals surface area contributed by atoms with E-state index in [1.165, 1.54) is 30.4 Å². The Morgan fingerprint density at radius 2 is 1.62 bits per heavy atom. The first-order chi connectivity index (χ1) is 13.8. The van der Waals surface area contributed by atoms with E-state index < -0.39 is 10.1 Å². The van der Waals surface area contributed by atoms with Crippen molar-refractivity contribution in [1.29, 1.82) is 0 Å². The third kappa shape index (κ3) is 4.90. The predicted molar refractivity (Wildman–Crippen MR) is 115 cm³/mol. The molecule has 0 aliphatic carbocycles. The Labute approximate surface area is 172 Å². The van der Waals surface area contributed by atoms with Gasteiger partial charge in [-0.25, -0.2) is 0 Å². The van der Waals surface area contributed by atoms with Crippen LogP contribution in [0.25, 0.3) is 0 Å². The molecule has 29 heavy (non-hydrogen) atoms. The van der Waals surface area contributed by atoms with Gasteiger partial charge in [-0.2, -0.15) is 8.42 Å². The van der Waals surface area contributed by atoms with Gasteiger partial charge in [0.25, 0.3) is 0 Å². The number of methoxy groups -OCH3 is 1. The molecule has 0 saturated carbocycles. The van der Waals surface area contributed by atoms with Gasteiger partial charge in [0.15, 0.2) is 11.5 Å². The molecular weight excluding hydrogens is 386 g/mol. The molecule has 6 heteroatoms. The van der Waals surface area contributed by atoms with E-state index in [2.05, 4.69) is 25.2 Å². The largest absolute Gasteiger partial charge is 0.493 e. The summed E-state index contributed by atoms with van der Waals surface area (Å²) in [7, 11) is -2.45. The minimum atomic E-state index is -3.94. The Morgan fingerprint density at radius 3 is 2.31 bits per heavy atom. The van der Waals surface area contributed by atoms with Crippen molar-refractivity contribution < 1.29 is 17.3 Å². The monoisotopic (exact) mass is 411 g/mol. The second-order valence-corrected chi connectivity index (χ2v) is 8.48. The van der Waals surface area contributed by atoms with E-state index >= 15 is 0 Å². The molecule has 5 nitrogen and oxygen atoms in total. The van der Waals surface area contributed by atoms with Crippen LogP contribution in [0.15, 0.2) is 65.6 Å². The summed E-state index contributed by atoms with van der Waals surface area (Å²) in [5.41, 5.74) is 5.40. The number of rotatable bonds is 7. The van der Waals surface area contributed by atoms with E-state index in [4.69, 9.17) is 8.92 Å². The number of benzene rings is 3. The van der Waals surface area contributed by atoms with Crippen LogP contribution < -0.4 is 14.2 Å². The van der Waals surface area contributed by atoms with Crippen molar-refractivity contribution in [1.82, 2.24) is 0 Å². The SMILES string of the molecule is COc1cc(CNc2cccc(C)c2C)ccc1OS(=O)(=O)c1ccc(C)cc1. The summed E-state index contributed by atoms with van der Waals surface area (Å²) in [6, 6.07) is 17.8. The standard InChI is InChI=1S/C23H25NO4S/c1-16-8-11-20(12-9-16)29(25,26)28-22-13-10-19(14-23(22)27-4)15-24-21-7-5-6-17(2)18(21)3/h5-14,24H,15H2,1-4H3. The van der Waals surface area contributed by atoms with Crippen LogP contribution in [0.1, 0.15) is 22.3 Å². The second-order valence-electron chi connectivity index (χ2n) is 6.94. The number of nitrogens with one attached hydrogen (secondary N) is 1. The molecule has 0 unspecified atom stereocenters. The summed E-state index contributed by atoms with van der Waals surface area (Å²) < 4.78 is 35.8. The van der Waals surface area contributed by atoms with E-state index in [1.807, 2.05) is 25.1 Å². The minimum absolute atomic E-state index is 0.103. The van der Waals surface area contributed by atoms with Gasteiger partial charge in [-0.3, -0.25) is 0 Å². The maximum absolute atomic E-state index is 12.6. The topological polar surface area (TPSA) is 64.6 Å². The van der Waals surface area contributed by atoms with E-state index in [-0.39, 0.29) is 10.6 Å². The molecule has 0 fully saturated rings. The van der Waals surface area contributed by atoms with E-state index in [1.54, 1.807) is 24.3 Å². The Balaban J connectivity index is 1.78. The van der Waals surface area contributed by atoms with Crippen molar-refractivity contribution in [2.45, 2.75) is 32.2 Å². The first-order valence-electron chi connectivity index (χ1n) is 9.28. The lowest BCUT2D eigenvalue weighted by Gasteiger charge is -2.14. The molecule has 3 aromatic carbocycles. The van der Waals surface area contributed by atoms with Crippen LogP contribution in [0.3, 0.4) is 0 Å². The van der Waals surface area contributed by atoms with Crippen molar-refractivity contribution in [3.63, 3.8) is 0 Å². The summed E-state index contributed by atoms with van der Waals surface area (Å²) in [4.78, 5) is 0.103. The Morgan fingerprint density at radius 1 is 0.897 bits per heavy atom. The lowest BCUT2D eigenvalue weighted by molar-refractivity contribution is 0.390. The first kappa shape index (κ1) is 20.7. The summed E-state index contributed by atoms with van der Waals surface area (Å²) in [6.45, 7) is 6.62. The van der Waals surface area contributed by atoms with Crippen molar-refractivity contribution >= 4 is 15.8 Å². The molecular formula is C23H25NO4S. The third-order valence-corrected chi connectivity index (χ3v) is 6.07. The average Bonchev–Trinajstić information content (AvgIpc) is 2.70. The molecule has 0 spiro atoms. The molecule has 1 N–H and O–H groups in total. The number of hydrogen-bond acceptors (Lipinski definition) is 5. The maximum atomic E-state index is 12.6. The van der Waals surface area contributed by atoms with Gasteiger partial charge >= 0.3 is 10.1 Å². The quantitative estimate of drug-likeness (QED) is 0.554. The Hall–Kier alpha value is -2.99. The fraction of sp³-hybridized carbons (Fsp3) is 0.217. The second kappa shape index (κ2) is 8.57. The highest BCUT2D eigenvalue weighted by molar-refractivity contribution is 7.87. The fourth-order valence-corrected chi connectivity index (χ4v) is 3.84. The molecule has 0 aromatic heterocycles. The smallest absolute Gasteiger partial charge is 0.339 e.